The summed E-state index contributed by atoms with van der Waals surface area (Å²) < 4.78 is 49.4. The molecule has 0 saturated carbocycles. The van der Waals surface area contributed by atoms with Gasteiger partial charge in [-0.15, -0.1) is 0 Å². The predicted octanol–water partition coefficient (Wildman–Crippen LogP) is 4.23. The highest BCUT2D eigenvalue weighted by atomic mass is 19.4. The Bertz CT molecular complexity index is 640. The van der Waals surface area contributed by atoms with Gasteiger partial charge in [-0.1, -0.05) is 12.7 Å². The van der Waals surface area contributed by atoms with E-state index in [1.54, 1.807) is 20.8 Å². The number of esters is 2. The van der Waals surface area contributed by atoms with Crippen LogP contribution in [0.3, 0.4) is 0 Å². The van der Waals surface area contributed by atoms with E-state index in [0.29, 0.717) is 0 Å². The first-order valence-corrected chi connectivity index (χ1v) is 6.64. The lowest BCUT2D eigenvalue weighted by atomic mass is 10.0. The van der Waals surface area contributed by atoms with Crippen LogP contribution in [0, 0.1) is 0 Å². The van der Waals surface area contributed by atoms with Crippen molar-refractivity contribution in [2.24, 2.45) is 0 Å². The van der Waals surface area contributed by atoms with Gasteiger partial charge in [0, 0.05) is 6.92 Å². The van der Waals surface area contributed by atoms with Gasteiger partial charge < -0.3 is 9.47 Å². The summed E-state index contributed by atoms with van der Waals surface area (Å²) in [5, 5.41) is 0. The fourth-order valence-corrected chi connectivity index (χ4v) is 1.72. The Morgan fingerprint density at radius 2 is 1.74 bits per heavy atom. The molecule has 0 aromatic heterocycles. The van der Waals surface area contributed by atoms with Crippen molar-refractivity contribution in [3.05, 3.63) is 35.4 Å². The number of ether oxygens (including phenoxy) is 2. The van der Waals surface area contributed by atoms with Gasteiger partial charge >= 0.3 is 18.1 Å². The summed E-state index contributed by atoms with van der Waals surface area (Å²) in [7, 11) is 0. The molecule has 4 nitrogen and oxygen atoms in total. The van der Waals surface area contributed by atoms with Crippen LogP contribution in [0.5, 0.6) is 5.75 Å². The van der Waals surface area contributed by atoms with Crippen LogP contribution in [0.15, 0.2) is 18.7 Å². The molecule has 126 valence electrons. The zero-order chi connectivity index (χ0) is 18.0. The highest BCUT2D eigenvalue weighted by molar-refractivity contribution is 5.95. The second-order valence-corrected chi connectivity index (χ2v) is 5.74. The highest BCUT2D eigenvalue weighted by Gasteiger charge is 2.38. The second-order valence-electron chi connectivity index (χ2n) is 5.74. The molecule has 0 atom stereocenters. The average molecular weight is 330 g/mol. The van der Waals surface area contributed by atoms with Gasteiger partial charge in [-0.05, 0) is 38.5 Å². The molecule has 0 heterocycles. The number of benzene rings is 1. The van der Waals surface area contributed by atoms with E-state index in [1.807, 2.05) is 0 Å². The Labute approximate surface area is 131 Å². The van der Waals surface area contributed by atoms with E-state index >= 15 is 0 Å². The van der Waals surface area contributed by atoms with Crippen molar-refractivity contribution in [2.75, 3.05) is 0 Å². The summed E-state index contributed by atoms with van der Waals surface area (Å²) in [6.45, 7) is 9.04. The Kier molecular flexibility index (Phi) is 5.24. The number of rotatable bonds is 3. The molecule has 0 fully saturated rings. The van der Waals surface area contributed by atoms with Gasteiger partial charge in [-0.25, -0.2) is 4.79 Å². The molecule has 0 saturated heterocycles. The molecule has 0 bridgehead atoms. The third-order valence-electron chi connectivity index (χ3n) is 2.52. The maximum atomic E-state index is 13.2. The van der Waals surface area contributed by atoms with E-state index in [-0.39, 0.29) is 5.56 Å². The minimum atomic E-state index is -4.82. The summed E-state index contributed by atoms with van der Waals surface area (Å²) in [5.41, 5.74) is -2.60. The van der Waals surface area contributed by atoms with Crippen molar-refractivity contribution >= 4 is 18.0 Å². The molecule has 0 N–H and O–H groups in total. The van der Waals surface area contributed by atoms with E-state index < -0.39 is 40.6 Å². The van der Waals surface area contributed by atoms with E-state index in [2.05, 4.69) is 11.3 Å². The van der Waals surface area contributed by atoms with Gasteiger partial charge in [0.05, 0.1) is 5.56 Å². The van der Waals surface area contributed by atoms with Gasteiger partial charge in [0.25, 0.3) is 0 Å². The van der Waals surface area contributed by atoms with Crippen LogP contribution in [-0.2, 0) is 15.7 Å². The predicted molar refractivity (Wildman–Crippen MR) is 78.0 cm³/mol. The van der Waals surface area contributed by atoms with Crippen LogP contribution in [0.1, 0.15) is 49.2 Å². The number of halogens is 3. The molecule has 1 rings (SSSR count). The zero-order valence-electron chi connectivity index (χ0n) is 13.2. The van der Waals surface area contributed by atoms with Gasteiger partial charge in [0.15, 0.2) is 5.75 Å². The summed E-state index contributed by atoms with van der Waals surface area (Å²) in [6.07, 6.45) is -3.67. The van der Waals surface area contributed by atoms with E-state index in [0.717, 1.165) is 25.1 Å². The SMILES string of the molecule is C=Cc1cc(C(=O)OC(C)(C)C)c(OC(C)=O)c(C(F)(F)F)c1. The van der Waals surface area contributed by atoms with Crippen molar-refractivity contribution in [3.8, 4) is 5.75 Å². The van der Waals surface area contributed by atoms with E-state index in [4.69, 9.17) is 4.74 Å². The third-order valence-corrected chi connectivity index (χ3v) is 2.52. The lowest BCUT2D eigenvalue weighted by Gasteiger charge is -2.22. The number of hydrogen-bond acceptors (Lipinski definition) is 4. The Morgan fingerprint density at radius 3 is 2.13 bits per heavy atom. The number of hydrogen-bond donors (Lipinski definition) is 0. The quantitative estimate of drug-likeness (QED) is 0.615. The van der Waals surface area contributed by atoms with Crippen molar-refractivity contribution in [3.63, 3.8) is 0 Å². The highest BCUT2D eigenvalue weighted by Crippen LogP contribution is 2.40. The molecule has 7 heteroatoms. The van der Waals surface area contributed by atoms with E-state index in [9.17, 15) is 22.8 Å². The molecule has 0 radical (unpaired) electrons. The smallest absolute Gasteiger partial charge is 0.420 e. The van der Waals surface area contributed by atoms with Crippen LogP contribution >= 0.6 is 0 Å². The summed E-state index contributed by atoms with van der Waals surface area (Å²) in [4.78, 5) is 23.3. The minimum Gasteiger partial charge on any atom is -0.456 e. The normalized spacial score (nSPS) is 11.8. The third kappa shape index (κ3) is 5.12. The van der Waals surface area contributed by atoms with Crippen molar-refractivity contribution in [1.82, 2.24) is 0 Å². The topological polar surface area (TPSA) is 52.6 Å². The van der Waals surface area contributed by atoms with Crippen molar-refractivity contribution in [1.29, 1.82) is 0 Å². The maximum absolute atomic E-state index is 13.2. The molecule has 0 aliphatic carbocycles. The van der Waals surface area contributed by atoms with E-state index in [1.165, 1.54) is 0 Å². The molecular weight excluding hydrogens is 313 g/mol. The first kappa shape index (κ1) is 18.7. The maximum Gasteiger partial charge on any atom is 0.420 e. The summed E-state index contributed by atoms with van der Waals surface area (Å²) >= 11 is 0. The van der Waals surface area contributed by atoms with Crippen LogP contribution in [0.4, 0.5) is 13.2 Å². The molecule has 0 aliphatic rings. The number of alkyl halides is 3. The molecule has 0 spiro atoms. The number of carbonyl (C=O) groups excluding carboxylic acids is 2. The zero-order valence-corrected chi connectivity index (χ0v) is 13.2. The second kappa shape index (κ2) is 6.44. The first-order chi connectivity index (χ1) is 10.3. The summed E-state index contributed by atoms with van der Waals surface area (Å²) in [5.74, 6) is -2.88. The fourth-order valence-electron chi connectivity index (χ4n) is 1.72. The molecule has 0 amide bonds. The Balaban J connectivity index is 3.61. The largest absolute Gasteiger partial charge is 0.456 e. The Morgan fingerprint density at radius 1 is 1.17 bits per heavy atom. The minimum absolute atomic E-state index is 0.0501. The van der Waals surface area contributed by atoms with Crippen molar-refractivity contribution < 1.29 is 32.2 Å². The first-order valence-electron chi connectivity index (χ1n) is 6.64. The van der Waals surface area contributed by atoms with Crippen LogP contribution < -0.4 is 4.74 Å². The fraction of sp³-hybridized carbons (Fsp3) is 0.375. The van der Waals surface area contributed by atoms with Crippen molar-refractivity contribution in [2.45, 2.75) is 39.5 Å². The van der Waals surface area contributed by atoms with Gasteiger partial charge in [-0.2, -0.15) is 13.2 Å². The summed E-state index contributed by atoms with van der Waals surface area (Å²) in [6, 6.07) is 1.88. The molecule has 0 unspecified atom stereocenters. The molecular formula is C16H17F3O4. The van der Waals surface area contributed by atoms with Gasteiger partial charge in [0.1, 0.15) is 11.2 Å². The average Bonchev–Trinajstić information content (AvgIpc) is 2.34. The van der Waals surface area contributed by atoms with Crippen LogP contribution in [-0.4, -0.2) is 17.5 Å². The lowest BCUT2D eigenvalue weighted by molar-refractivity contribution is -0.141. The Hall–Kier alpha value is -2.31. The monoisotopic (exact) mass is 330 g/mol. The molecule has 1 aromatic rings. The van der Waals surface area contributed by atoms with Crippen LogP contribution in [0.25, 0.3) is 6.08 Å². The van der Waals surface area contributed by atoms with Gasteiger partial charge in [0.2, 0.25) is 0 Å². The molecule has 23 heavy (non-hydrogen) atoms. The lowest BCUT2D eigenvalue weighted by Crippen LogP contribution is -2.25. The number of carbonyl (C=O) groups is 2. The van der Waals surface area contributed by atoms with Crippen LogP contribution in [0.2, 0.25) is 0 Å². The molecule has 0 aliphatic heterocycles. The van der Waals surface area contributed by atoms with Gasteiger partial charge in [-0.3, -0.25) is 4.79 Å². The standard InChI is InChI=1S/C16H17F3O4/c1-6-10-7-11(14(21)23-15(3,4)5)13(22-9(2)20)12(8-10)16(17,18)19/h6-8H,1H2,2-5H3. The molecule has 1 aromatic carbocycles.